The second-order valence-electron chi connectivity index (χ2n) is 4.74. The van der Waals surface area contributed by atoms with Crippen molar-refractivity contribution < 1.29 is 0 Å². The third-order valence-corrected chi connectivity index (χ3v) is 4.65. The fourth-order valence-corrected chi connectivity index (χ4v) is 3.45. The number of halogens is 1. The number of piperidine rings is 1. The molecule has 5 nitrogen and oxygen atoms in total. The molecule has 0 aromatic carbocycles. The maximum atomic E-state index is 11.6. The highest BCUT2D eigenvalue weighted by Gasteiger charge is 2.35. The van der Waals surface area contributed by atoms with Crippen LogP contribution in [0.3, 0.4) is 0 Å². The van der Waals surface area contributed by atoms with Crippen LogP contribution in [0.2, 0.25) is 0 Å². The summed E-state index contributed by atoms with van der Waals surface area (Å²) < 4.78 is 0.698. The molecule has 17 heavy (non-hydrogen) atoms. The Hall–Kier alpha value is -0.630. The molecule has 0 spiro atoms. The number of H-pyrrole nitrogens is 1. The third kappa shape index (κ3) is 2.08. The van der Waals surface area contributed by atoms with Crippen LogP contribution in [0.1, 0.15) is 12.8 Å². The number of hydrogen-bond acceptors (Lipinski definition) is 4. The molecular weight excluding hydrogens is 331 g/mol. The Kier molecular flexibility index (Phi) is 3.08. The van der Waals surface area contributed by atoms with Gasteiger partial charge in [0.2, 0.25) is 0 Å². The van der Waals surface area contributed by atoms with Crippen LogP contribution in [0.25, 0.3) is 0 Å². The summed E-state index contributed by atoms with van der Waals surface area (Å²) in [6, 6.07) is 0.570. The molecule has 1 aromatic heterocycles. The number of anilines is 1. The SMILES string of the molecule is O=c1[nH]cnc(N2CC3CCCNC3C2)c1I. The van der Waals surface area contributed by atoms with E-state index in [0.717, 1.165) is 25.5 Å². The number of rotatable bonds is 1. The molecule has 3 heterocycles. The molecule has 1 aromatic rings. The van der Waals surface area contributed by atoms with E-state index in [9.17, 15) is 4.79 Å². The Balaban J connectivity index is 1.86. The quantitative estimate of drug-likeness (QED) is 0.730. The molecule has 2 aliphatic heterocycles. The Bertz CT molecular complexity index is 461. The van der Waals surface area contributed by atoms with Gasteiger partial charge in [-0.15, -0.1) is 0 Å². The van der Waals surface area contributed by atoms with Gasteiger partial charge in [0.25, 0.3) is 5.56 Å². The summed E-state index contributed by atoms with van der Waals surface area (Å²) in [6.45, 7) is 3.11. The van der Waals surface area contributed by atoms with Gasteiger partial charge in [-0.1, -0.05) is 0 Å². The molecule has 0 radical (unpaired) electrons. The van der Waals surface area contributed by atoms with Crippen molar-refractivity contribution in [1.82, 2.24) is 15.3 Å². The van der Waals surface area contributed by atoms with E-state index in [2.05, 4.69) is 42.8 Å². The third-order valence-electron chi connectivity index (χ3n) is 3.68. The summed E-state index contributed by atoms with van der Waals surface area (Å²) in [7, 11) is 0. The lowest BCUT2D eigenvalue weighted by Crippen LogP contribution is -2.40. The van der Waals surface area contributed by atoms with Crippen molar-refractivity contribution in [3.63, 3.8) is 0 Å². The van der Waals surface area contributed by atoms with Gasteiger partial charge in [0.1, 0.15) is 9.39 Å². The molecular formula is C11H15IN4O. The molecule has 2 N–H and O–H groups in total. The molecule has 0 amide bonds. The second-order valence-corrected chi connectivity index (χ2v) is 5.82. The highest BCUT2D eigenvalue weighted by atomic mass is 127. The van der Waals surface area contributed by atoms with Crippen LogP contribution in [0.5, 0.6) is 0 Å². The number of nitrogens with zero attached hydrogens (tertiary/aromatic N) is 2. The van der Waals surface area contributed by atoms with Crippen molar-refractivity contribution in [2.75, 3.05) is 24.5 Å². The van der Waals surface area contributed by atoms with Crippen LogP contribution in [-0.4, -0.2) is 35.6 Å². The van der Waals surface area contributed by atoms with Gasteiger partial charge in [-0.3, -0.25) is 4.79 Å². The van der Waals surface area contributed by atoms with E-state index in [4.69, 9.17) is 0 Å². The molecule has 0 aliphatic carbocycles. The Morgan fingerprint density at radius 1 is 1.47 bits per heavy atom. The van der Waals surface area contributed by atoms with Crippen LogP contribution in [0, 0.1) is 9.49 Å². The van der Waals surface area contributed by atoms with Crippen LogP contribution >= 0.6 is 22.6 Å². The van der Waals surface area contributed by atoms with E-state index in [1.165, 1.54) is 19.2 Å². The lowest BCUT2D eigenvalue weighted by atomic mass is 9.94. The van der Waals surface area contributed by atoms with Crippen molar-refractivity contribution in [1.29, 1.82) is 0 Å². The molecule has 0 saturated carbocycles. The molecule has 2 unspecified atom stereocenters. The van der Waals surface area contributed by atoms with E-state index >= 15 is 0 Å². The Labute approximate surface area is 113 Å². The molecule has 2 saturated heterocycles. The van der Waals surface area contributed by atoms with Gasteiger partial charge >= 0.3 is 0 Å². The maximum absolute atomic E-state index is 11.6. The van der Waals surface area contributed by atoms with E-state index in [-0.39, 0.29) is 5.56 Å². The maximum Gasteiger partial charge on any atom is 0.266 e. The zero-order chi connectivity index (χ0) is 11.8. The van der Waals surface area contributed by atoms with Gasteiger partial charge in [0.05, 0.1) is 6.33 Å². The molecule has 2 aliphatic rings. The summed E-state index contributed by atoms with van der Waals surface area (Å²) in [5, 5.41) is 3.56. The van der Waals surface area contributed by atoms with Crippen molar-refractivity contribution in [2.24, 2.45) is 5.92 Å². The van der Waals surface area contributed by atoms with Crippen molar-refractivity contribution >= 4 is 28.4 Å². The summed E-state index contributed by atoms with van der Waals surface area (Å²) in [5.74, 6) is 1.55. The standard InChI is InChI=1S/C11H15IN4O/c12-9-10(14-6-15-11(9)17)16-4-7-2-1-3-13-8(7)5-16/h6-8,13H,1-5H2,(H,14,15,17). The van der Waals surface area contributed by atoms with Gasteiger partial charge in [0, 0.05) is 19.1 Å². The normalized spacial score (nSPS) is 28.2. The molecule has 3 rings (SSSR count). The highest BCUT2D eigenvalue weighted by Crippen LogP contribution is 2.29. The van der Waals surface area contributed by atoms with Gasteiger partial charge in [-0.2, -0.15) is 0 Å². The van der Waals surface area contributed by atoms with Gasteiger partial charge in [-0.25, -0.2) is 4.98 Å². The van der Waals surface area contributed by atoms with E-state index in [1.807, 2.05) is 0 Å². The van der Waals surface area contributed by atoms with Crippen LogP contribution in [0.15, 0.2) is 11.1 Å². The largest absolute Gasteiger partial charge is 0.354 e. The minimum Gasteiger partial charge on any atom is -0.354 e. The predicted molar refractivity (Wildman–Crippen MR) is 74.3 cm³/mol. The number of nitrogens with one attached hydrogen (secondary N) is 2. The minimum absolute atomic E-state index is 0.0431. The van der Waals surface area contributed by atoms with Crippen molar-refractivity contribution in [3.8, 4) is 0 Å². The molecule has 2 fully saturated rings. The first-order valence-corrected chi connectivity index (χ1v) is 7.05. The molecule has 2 atom stereocenters. The monoisotopic (exact) mass is 346 g/mol. The first kappa shape index (κ1) is 11.5. The van der Waals surface area contributed by atoms with Crippen molar-refractivity contribution in [2.45, 2.75) is 18.9 Å². The van der Waals surface area contributed by atoms with Gasteiger partial charge in [-0.05, 0) is 47.9 Å². The number of hydrogen-bond donors (Lipinski definition) is 2. The van der Waals surface area contributed by atoms with Crippen LogP contribution < -0.4 is 15.8 Å². The molecule has 0 bridgehead atoms. The minimum atomic E-state index is -0.0431. The zero-order valence-electron chi connectivity index (χ0n) is 9.45. The lowest BCUT2D eigenvalue weighted by Gasteiger charge is -2.24. The number of aromatic amines is 1. The smallest absolute Gasteiger partial charge is 0.266 e. The fraction of sp³-hybridized carbons (Fsp3) is 0.636. The second kappa shape index (κ2) is 4.56. The average Bonchev–Trinajstić information content (AvgIpc) is 2.76. The van der Waals surface area contributed by atoms with Crippen LogP contribution in [0.4, 0.5) is 5.82 Å². The Morgan fingerprint density at radius 3 is 3.18 bits per heavy atom. The Morgan fingerprint density at radius 2 is 2.35 bits per heavy atom. The topological polar surface area (TPSA) is 61.0 Å². The van der Waals surface area contributed by atoms with E-state index in [1.54, 1.807) is 0 Å². The number of fused-ring (bicyclic) bond motifs is 1. The summed E-state index contributed by atoms with van der Waals surface area (Å²) in [6.07, 6.45) is 4.04. The average molecular weight is 346 g/mol. The predicted octanol–water partition coefficient (Wildman–Crippen LogP) is 0.563. The first-order chi connectivity index (χ1) is 8.25. The van der Waals surface area contributed by atoms with Gasteiger partial charge < -0.3 is 15.2 Å². The fourth-order valence-electron chi connectivity index (χ4n) is 2.81. The summed E-state index contributed by atoms with van der Waals surface area (Å²) >= 11 is 2.08. The van der Waals surface area contributed by atoms with Crippen molar-refractivity contribution in [3.05, 3.63) is 20.3 Å². The summed E-state index contributed by atoms with van der Waals surface area (Å²) in [5.41, 5.74) is -0.0431. The first-order valence-electron chi connectivity index (χ1n) is 5.97. The van der Waals surface area contributed by atoms with Gasteiger partial charge in [0.15, 0.2) is 0 Å². The lowest BCUT2D eigenvalue weighted by molar-refractivity contribution is 0.340. The van der Waals surface area contributed by atoms with E-state index in [0.29, 0.717) is 15.5 Å². The number of aromatic nitrogens is 2. The van der Waals surface area contributed by atoms with E-state index < -0.39 is 0 Å². The summed E-state index contributed by atoms with van der Waals surface area (Å²) in [4.78, 5) is 20.7. The molecule has 92 valence electrons. The zero-order valence-corrected chi connectivity index (χ0v) is 11.6. The van der Waals surface area contributed by atoms with Crippen LogP contribution in [-0.2, 0) is 0 Å². The highest BCUT2D eigenvalue weighted by molar-refractivity contribution is 14.1. The molecule has 6 heteroatoms.